The maximum atomic E-state index is 9.55. The van der Waals surface area contributed by atoms with Crippen LogP contribution in [0.1, 0.15) is 6.42 Å². The highest BCUT2D eigenvalue weighted by molar-refractivity contribution is 7.98. The number of carbonyl (C=O) groups is 1. The molecule has 0 aliphatic heterocycles. The lowest BCUT2D eigenvalue weighted by Gasteiger charge is -1.79. The number of aldehydes is 1. The van der Waals surface area contributed by atoms with Crippen LogP contribution in [0.5, 0.6) is 0 Å². The van der Waals surface area contributed by atoms with Crippen molar-refractivity contribution in [3.8, 4) is 0 Å². The van der Waals surface area contributed by atoms with E-state index in [9.17, 15) is 4.79 Å². The van der Waals surface area contributed by atoms with Crippen LogP contribution < -0.4 is 6.15 Å². The molecule has 0 heterocycles. The first-order valence-corrected chi connectivity index (χ1v) is 3.23. The molecule has 0 amide bonds. The molecule has 0 saturated heterocycles. The van der Waals surface area contributed by atoms with Gasteiger partial charge in [0.25, 0.3) is 0 Å². The van der Waals surface area contributed by atoms with Crippen LogP contribution in [0.25, 0.3) is 0 Å². The molecule has 7 heavy (non-hydrogen) atoms. The lowest BCUT2D eigenvalue weighted by molar-refractivity contribution is -0.107. The normalized spacial score (nSPS) is 7.00. The van der Waals surface area contributed by atoms with Crippen molar-refractivity contribution in [1.82, 2.24) is 6.15 Å². The molecule has 0 unspecified atom stereocenters. The van der Waals surface area contributed by atoms with E-state index in [4.69, 9.17) is 0 Å². The molecule has 0 rings (SSSR count). The Balaban J connectivity index is 0. The van der Waals surface area contributed by atoms with Gasteiger partial charge in [-0.05, 0) is 12.0 Å². The van der Waals surface area contributed by atoms with Crippen LogP contribution in [0.3, 0.4) is 0 Å². The van der Waals surface area contributed by atoms with Crippen molar-refractivity contribution in [3.63, 3.8) is 0 Å². The fourth-order valence-electron chi connectivity index (χ4n) is 0.166. The molecule has 0 fully saturated rings. The zero-order chi connectivity index (χ0) is 4.83. The first kappa shape index (κ1) is 10.1. The molecule has 0 bridgehead atoms. The Morgan fingerprint density at radius 1 is 1.71 bits per heavy atom. The van der Waals surface area contributed by atoms with E-state index in [-0.39, 0.29) is 6.15 Å². The van der Waals surface area contributed by atoms with E-state index in [0.29, 0.717) is 6.42 Å². The minimum atomic E-state index is 0. The first-order chi connectivity index (χ1) is 2.91. The summed E-state index contributed by atoms with van der Waals surface area (Å²) in [6.45, 7) is 0. The second-order valence-corrected chi connectivity index (χ2v) is 1.93. The number of hydrogen-bond acceptors (Lipinski definition) is 3. The molecule has 0 radical (unpaired) electrons. The summed E-state index contributed by atoms with van der Waals surface area (Å²) in [6, 6.07) is 0. The predicted octanol–water partition coefficient (Wildman–Crippen LogP) is 1.10. The van der Waals surface area contributed by atoms with E-state index in [2.05, 4.69) is 0 Å². The van der Waals surface area contributed by atoms with Gasteiger partial charge >= 0.3 is 0 Å². The summed E-state index contributed by atoms with van der Waals surface area (Å²) in [5, 5.41) is 0. The van der Waals surface area contributed by atoms with Gasteiger partial charge in [-0.3, -0.25) is 0 Å². The third kappa shape index (κ3) is 10.7. The molecular weight excluding hydrogens is 110 g/mol. The predicted molar refractivity (Wildman–Crippen MR) is 34.1 cm³/mol. The smallest absolute Gasteiger partial charge is 0.120 e. The molecule has 3 N–H and O–H groups in total. The van der Waals surface area contributed by atoms with E-state index in [1.807, 2.05) is 6.26 Å². The monoisotopic (exact) mass is 121 g/mol. The molecule has 2 nitrogen and oxygen atoms in total. The van der Waals surface area contributed by atoms with E-state index >= 15 is 0 Å². The molecule has 0 spiro atoms. The summed E-state index contributed by atoms with van der Waals surface area (Å²) >= 11 is 1.69. The highest BCUT2D eigenvalue weighted by atomic mass is 32.2. The quantitative estimate of drug-likeness (QED) is 0.449. The van der Waals surface area contributed by atoms with Crippen molar-refractivity contribution in [3.05, 3.63) is 0 Å². The molecule has 3 heteroatoms. The number of rotatable bonds is 3. The summed E-state index contributed by atoms with van der Waals surface area (Å²) < 4.78 is 0. The minimum Gasteiger partial charge on any atom is -0.344 e. The van der Waals surface area contributed by atoms with Gasteiger partial charge in [0.15, 0.2) is 0 Å². The van der Waals surface area contributed by atoms with Gasteiger partial charge in [-0.25, -0.2) is 0 Å². The van der Waals surface area contributed by atoms with Crippen LogP contribution >= 0.6 is 11.8 Å². The first-order valence-electron chi connectivity index (χ1n) is 1.84. The molecule has 0 aromatic heterocycles. The Kier molecular flexibility index (Phi) is 13.5. The van der Waals surface area contributed by atoms with E-state index in [0.717, 1.165) is 12.0 Å². The van der Waals surface area contributed by atoms with Crippen LogP contribution in [0, 0.1) is 0 Å². The van der Waals surface area contributed by atoms with Crippen molar-refractivity contribution < 1.29 is 4.79 Å². The fourth-order valence-corrected chi connectivity index (χ4v) is 0.498. The van der Waals surface area contributed by atoms with E-state index in [1.54, 1.807) is 11.8 Å². The van der Waals surface area contributed by atoms with Crippen molar-refractivity contribution in [2.24, 2.45) is 0 Å². The van der Waals surface area contributed by atoms with Crippen molar-refractivity contribution in [2.45, 2.75) is 6.42 Å². The molecule has 0 aromatic rings. The van der Waals surface area contributed by atoms with Crippen molar-refractivity contribution in [2.75, 3.05) is 12.0 Å². The molecule has 0 aliphatic rings. The van der Waals surface area contributed by atoms with Crippen molar-refractivity contribution in [1.29, 1.82) is 0 Å². The molecule has 44 valence electrons. The highest BCUT2D eigenvalue weighted by Crippen LogP contribution is 1.90. The third-order valence-corrected chi connectivity index (χ3v) is 1.08. The standard InChI is InChI=1S/C4H8OS.H3N/c1-6-4-2-3-5;/h3H,2,4H2,1H3;1H3. The van der Waals surface area contributed by atoms with Gasteiger partial charge in [0.2, 0.25) is 0 Å². The van der Waals surface area contributed by atoms with Gasteiger partial charge in [0.05, 0.1) is 0 Å². The Morgan fingerprint density at radius 2 is 2.29 bits per heavy atom. The van der Waals surface area contributed by atoms with Crippen molar-refractivity contribution >= 4 is 18.0 Å². The Labute approximate surface area is 48.3 Å². The molecule has 0 atom stereocenters. The average Bonchev–Trinajstić information content (AvgIpc) is 1.61. The number of hydrogen-bond donors (Lipinski definition) is 1. The number of thioether (sulfide) groups is 1. The Morgan fingerprint density at radius 3 is 2.43 bits per heavy atom. The summed E-state index contributed by atoms with van der Waals surface area (Å²) in [7, 11) is 0. The topological polar surface area (TPSA) is 52.1 Å². The van der Waals surface area contributed by atoms with Gasteiger partial charge < -0.3 is 10.9 Å². The maximum Gasteiger partial charge on any atom is 0.120 e. The van der Waals surface area contributed by atoms with Gasteiger partial charge in [-0.2, -0.15) is 11.8 Å². The Hall–Kier alpha value is -0.0200. The minimum absolute atomic E-state index is 0. The maximum absolute atomic E-state index is 9.55. The van der Waals surface area contributed by atoms with Crippen LogP contribution in [-0.2, 0) is 4.79 Å². The molecule has 0 aliphatic carbocycles. The van der Waals surface area contributed by atoms with Gasteiger partial charge in [-0.15, -0.1) is 0 Å². The van der Waals surface area contributed by atoms with Gasteiger partial charge in [0, 0.05) is 6.42 Å². The lowest BCUT2D eigenvalue weighted by Crippen LogP contribution is -1.75. The SMILES string of the molecule is CSCCC=O.N. The largest absolute Gasteiger partial charge is 0.344 e. The average molecular weight is 121 g/mol. The molecular formula is C4H11NOS. The van der Waals surface area contributed by atoms with Crippen LogP contribution in [0.2, 0.25) is 0 Å². The van der Waals surface area contributed by atoms with Gasteiger partial charge in [0.1, 0.15) is 6.29 Å². The summed E-state index contributed by atoms with van der Waals surface area (Å²) in [5.74, 6) is 0.962. The highest BCUT2D eigenvalue weighted by Gasteiger charge is 1.74. The number of carbonyl (C=O) groups excluding carboxylic acids is 1. The summed E-state index contributed by atoms with van der Waals surface area (Å²) in [4.78, 5) is 9.55. The summed E-state index contributed by atoms with van der Waals surface area (Å²) in [5.41, 5.74) is 0. The summed E-state index contributed by atoms with van der Waals surface area (Å²) in [6.07, 6.45) is 3.63. The molecule has 0 aromatic carbocycles. The zero-order valence-corrected chi connectivity index (χ0v) is 5.33. The Bertz CT molecular complexity index is 40.7. The van der Waals surface area contributed by atoms with Gasteiger partial charge in [-0.1, -0.05) is 0 Å². The van der Waals surface area contributed by atoms with Crippen LogP contribution in [-0.4, -0.2) is 18.3 Å². The zero-order valence-electron chi connectivity index (χ0n) is 4.52. The fraction of sp³-hybridized carbons (Fsp3) is 0.750. The third-order valence-electron chi connectivity index (χ3n) is 0.440. The van der Waals surface area contributed by atoms with E-state index in [1.165, 1.54) is 0 Å². The second kappa shape index (κ2) is 9.36. The van der Waals surface area contributed by atoms with Crippen LogP contribution in [0.15, 0.2) is 0 Å². The van der Waals surface area contributed by atoms with E-state index < -0.39 is 0 Å². The lowest BCUT2D eigenvalue weighted by atomic mass is 10.6. The molecule has 0 saturated carbocycles. The van der Waals surface area contributed by atoms with Crippen LogP contribution in [0.4, 0.5) is 0 Å². The second-order valence-electron chi connectivity index (χ2n) is 0.948.